The maximum Gasteiger partial charge on any atom is 0.151 e. The Balaban J connectivity index is 1.96. The molecule has 4 heteroatoms. The van der Waals surface area contributed by atoms with E-state index >= 15 is 0 Å². The molecule has 1 heterocycles. The van der Waals surface area contributed by atoms with Crippen molar-refractivity contribution in [2.45, 2.75) is 6.92 Å². The number of para-hydroxylation sites is 2. The molecule has 0 fully saturated rings. The van der Waals surface area contributed by atoms with Crippen molar-refractivity contribution in [2.24, 2.45) is 7.05 Å². The van der Waals surface area contributed by atoms with Gasteiger partial charge >= 0.3 is 0 Å². The summed E-state index contributed by atoms with van der Waals surface area (Å²) < 4.78 is 7.79. The molecule has 0 N–H and O–H groups in total. The largest absolute Gasteiger partial charge is 0.493 e. The highest BCUT2D eigenvalue weighted by Gasteiger charge is 2.14. The predicted molar refractivity (Wildman–Crippen MR) is 109 cm³/mol. The van der Waals surface area contributed by atoms with Crippen molar-refractivity contribution >= 4 is 33.5 Å². The Morgan fingerprint density at radius 3 is 2.67 bits per heavy atom. The zero-order valence-electron chi connectivity index (χ0n) is 15.3. The van der Waals surface area contributed by atoms with Crippen LogP contribution in [0, 0.1) is 11.3 Å². The third-order valence-corrected chi connectivity index (χ3v) is 4.67. The minimum atomic E-state index is 0.506. The first-order valence-electron chi connectivity index (χ1n) is 8.91. The van der Waals surface area contributed by atoms with Crippen molar-refractivity contribution in [3.8, 4) is 11.8 Å². The summed E-state index contributed by atoms with van der Waals surface area (Å²) in [7, 11) is 1.93. The van der Waals surface area contributed by atoms with Gasteiger partial charge in [0.25, 0.3) is 0 Å². The number of hydrogen-bond acceptors (Lipinski definition) is 3. The molecule has 3 aromatic carbocycles. The van der Waals surface area contributed by atoms with Gasteiger partial charge in [-0.2, -0.15) is 5.26 Å². The van der Waals surface area contributed by atoms with Crippen LogP contribution in [0.15, 0.2) is 60.7 Å². The topological polar surface area (TPSA) is 50.8 Å². The number of imidazole rings is 1. The molecule has 4 rings (SSSR count). The van der Waals surface area contributed by atoms with Crippen LogP contribution in [0.4, 0.5) is 0 Å². The zero-order valence-corrected chi connectivity index (χ0v) is 15.3. The summed E-state index contributed by atoms with van der Waals surface area (Å²) in [5.74, 6) is 1.41. The first-order chi connectivity index (χ1) is 13.2. The van der Waals surface area contributed by atoms with Crippen LogP contribution in [-0.2, 0) is 7.05 Å². The second kappa shape index (κ2) is 6.97. The molecule has 0 saturated heterocycles. The molecule has 0 radical (unpaired) electrons. The van der Waals surface area contributed by atoms with Crippen LogP contribution in [0.5, 0.6) is 5.75 Å². The molecule has 0 unspecified atom stereocenters. The molecule has 0 amide bonds. The maximum absolute atomic E-state index is 9.87. The summed E-state index contributed by atoms with van der Waals surface area (Å²) in [6, 6.07) is 22.3. The average Bonchev–Trinajstić information content (AvgIpc) is 3.04. The van der Waals surface area contributed by atoms with Crippen LogP contribution in [0.1, 0.15) is 18.3 Å². The van der Waals surface area contributed by atoms with Gasteiger partial charge in [-0.1, -0.05) is 42.5 Å². The number of aromatic nitrogens is 2. The first kappa shape index (κ1) is 16.9. The molecular weight excluding hydrogens is 334 g/mol. The predicted octanol–water partition coefficient (Wildman–Crippen LogP) is 5.19. The Kier molecular flexibility index (Phi) is 4.35. The summed E-state index contributed by atoms with van der Waals surface area (Å²) in [5, 5.41) is 12.0. The minimum absolute atomic E-state index is 0.506. The molecule has 0 aliphatic carbocycles. The molecule has 132 valence electrons. The van der Waals surface area contributed by atoms with E-state index in [1.165, 1.54) is 0 Å². The van der Waals surface area contributed by atoms with Gasteiger partial charge < -0.3 is 9.30 Å². The van der Waals surface area contributed by atoms with Crippen LogP contribution in [0.3, 0.4) is 0 Å². The highest BCUT2D eigenvalue weighted by molar-refractivity contribution is 6.00. The number of allylic oxidation sites excluding steroid dienone is 1. The van der Waals surface area contributed by atoms with Gasteiger partial charge in [0, 0.05) is 12.6 Å². The Morgan fingerprint density at radius 2 is 1.89 bits per heavy atom. The molecule has 27 heavy (non-hydrogen) atoms. The molecule has 0 spiro atoms. The van der Waals surface area contributed by atoms with Crippen molar-refractivity contribution in [1.82, 2.24) is 9.55 Å². The van der Waals surface area contributed by atoms with Crippen molar-refractivity contribution in [1.29, 1.82) is 5.26 Å². The van der Waals surface area contributed by atoms with Gasteiger partial charge in [0.05, 0.1) is 23.2 Å². The third-order valence-electron chi connectivity index (χ3n) is 4.67. The van der Waals surface area contributed by atoms with Gasteiger partial charge in [-0.05, 0) is 42.0 Å². The number of benzene rings is 3. The summed E-state index contributed by atoms with van der Waals surface area (Å²) >= 11 is 0. The average molecular weight is 353 g/mol. The van der Waals surface area contributed by atoms with Gasteiger partial charge in [-0.25, -0.2) is 4.98 Å². The van der Waals surface area contributed by atoms with E-state index < -0.39 is 0 Å². The summed E-state index contributed by atoms with van der Waals surface area (Å²) in [4.78, 5) is 4.67. The van der Waals surface area contributed by atoms with Gasteiger partial charge in [-0.15, -0.1) is 0 Å². The lowest BCUT2D eigenvalue weighted by atomic mass is 10.0. The zero-order chi connectivity index (χ0) is 18.8. The van der Waals surface area contributed by atoms with Crippen LogP contribution < -0.4 is 4.74 Å². The lowest BCUT2D eigenvalue weighted by molar-refractivity contribution is 0.340. The standard InChI is InChI=1S/C23H19N3O/c1-3-27-22-13-12-16-8-4-5-9-18(16)19(22)14-17(15-24)23-25-20-10-6-7-11-21(20)26(23)2/h4-14H,3H2,1-2H3/b17-14+. The Hall–Kier alpha value is -3.58. The number of nitriles is 1. The van der Waals surface area contributed by atoms with Gasteiger partial charge in [0.2, 0.25) is 0 Å². The Labute approximate surface area is 157 Å². The van der Waals surface area contributed by atoms with Crippen LogP contribution in [0.2, 0.25) is 0 Å². The molecule has 0 aliphatic rings. The number of aryl methyl sites for hydroxylation is 1. The first-order valence-corrected chi connectivity index (χ1v) is 8.91. The van der Waals surface area contributed by atoms with Crippen LogP contribution in [-0.4, -0.2) is 16.2 Å². The van der Waals surface area contributed by atoms with Crippen LogP contribution in [0.25, 0.3) is 33.5 Å². The molecule has 0 aliphatic heterocycles. The Bertz CT molecular complexity index is 1210. The summed E-state index contributed by atoms with van der Waals surface area (Å²) in [5.41, 5.74) is 3.28. The number of rotatable bonds is 4. The van der Waals surface area contributed by atoms with E-state index in [-0.39, 0.29) is 0 Å². The normalized spacial score (nSPS) is 11.7. The minimum Gasteiger partial charge on any atom is -0.493 e. The number of fused-ring (bicyclic) bond motifs is 2. The SMILES string of the molecule is CCOc1ccc2ccccc2c1/C=C(\C#N)c1nc2ccccc2n1C. The van der Waals surface area contributed by atoms with Crippen LogP contribution >= 0.6 is 0 Å². The van der Waals surface area contributed by atoms with Gasteiger partial charge in [0.15, 0.2) is 5.82 Å². The molecule has 0 bridgehead atoms. The van der Waals surface area contributed by atoms with E-state index in [1.807, 2.05) is 79.2 Å². The van der Waals surface area contributed by atoms with E-state index in [9.17, 15) is 5.26 Å². The van der Waals surface area contributed by atoms with E-state index in [1.54, 1.807) is 0 Å². The van der Waals surface area contributed by atoms with E-state index in [4.69, 9.17) is 4.74 Å². The molecular formula is C23H19N3O. The van der Waals surface area contributed by atoms with Crippen molar-refractivity contribution in [3.05, 3.63) is 72.1 Å². The highest BCUT2D eigenvalue weighted by Crippen LogP contribution is 2.32. The lowest BCUT2D eigenvalue weighted by Crippen LogP contribution is -1.98. The second-order valence-electron chi connectivity index (χ2n) is 6.28. The van der Waals surface area contributed by atoms with E-state index in [0.29, 0.717) is 18.0 Å². The smallest absolute Gasteiger partial charge is 0.151 e. The number of ether oxygens (including phenoxy) is 1. The van der Waals surface area contributed by atoms with Crippen molar-refractivity contribution in [2.75, 3.05) is 6.61 Å². The quantitative estimate of drug-likeness (QED) is 0.474. The molecule has 0 atom stereocenters. The van der Waals surface area contributed by atoms with Crippen molar-refractivity contribution in [3.63, 3.8) is 0 Å². The molecule has 4 nitrogen and oxygen atoms in total. The lowest BCUT2D eigenvalue weighted by Gasteiger charge is -2.11. The fraction of sp³-hybridized carbons (Fsp3) is 0.130. The number of nitrogens with zero attached hydrogens (tertiary/aromatic N) is 3. The second-order valence-corrected chi connectivity index (χ2v) is 6.28. The van der Waals surface area contributed by atoms with Crippen molar-refractivity contribution < 1.29 is 4.74 Å². The molecule has 1 aromatic heterocycles. The highest BCUT2D eigenvalue weighted by atomic mass is 16.5. The van der Waals surface area contributed by atoms with Gasteiger partial charge in [-0.3, -0.25) is 0 Å². The monoisotopic (exact) mass is 353 g/mol. The van der Waals surface area contributed by atoms with E-state index in [0.717, 1.165) is 33.1 Å². The van der Waals surface area contributed by atoms with E-state index in [2.05, 4.69) is 17.1 Å². The number of hydrogen-bond donors (Lipinski definition) is 0. The maximum atomic E-state index is 9.87. The summed E-state index contributed by atoms with van der Waals surface area (Å²) in [6.45, 7) is 2.52. The fourth-order valence-corrected chi connectivity index (χ4v) is 3.38. The third kappa shape index (κ3) is 2.94. The fourth-order valence-electron chi connectivity index (χ4n) is 3.38. The Morgan fingerprint density at radius 1 is 1.11 bits per heavy atom. The van der Waals surface area contributed by atoms with Gasteiger partial charge in [0.1, 0.15) is 11.8 Å². The molecule has 0 saturated carbocycles. The summed E-state index contributed by atoms with van der Waals surface area (Å²) in [6.07, 6.45) is 1.88. The molecule has 4 aromatic rings.